The van der Waals surface area contributed by atoms with Crippen molar-refractivity contribution >= 4 is 18.1 Å². The van der Waals surface area contributed by atoms with Crippen molar-refractivity contribution in [1.82, 2.24) is 14.8 Å². The third kappa shape index (κ3) is 5.33. The highest BCUT2D eigenvalue weighted by atomic mass is 16.6. The summed E-state index contributed by atoms with van der Waals surface area (Å²) < 4.78 is 10.5. The van der Waals surface area contributed by atoms with Crippen molar-refractivity contribution in [3.63, 3.8) is 0 Å². The van der Waals surface area contributed by atoms with Crippen molar-refractivity contribution < 1.29 is 23.9 Å². The number of amides is 3. The van der Waals surface area contributed by atoms with Crippen molar-refractivity contribution in [3.05, 3.63) is 24.0 Å². The van der Waals surface area contributed by atoms with Crippen LogP contribution in [0.3, 0.4) is 0 Å². The minimum atomic E-state index is -0.656. The maximum Gasteiger partial charge on any atom is 0.415 e. The van der Waals surface area contributed by atoms with E-state index in [9.17, 15) is 14.4 Å². The number of nitrogens with zero attached hydrogens (tertiary/aromatic N) is 3. The number of aromatic nitrogens is 1. The SMILES string of the molecule is CC(C)(C)OC(=O)N1CCN(C(=O)Oc2cncc(C(N)=O)c2)CC1. The lowest BCUT2D eigenvalue weighted by Gasteiger charge is -2.34. The number of ether oxygens (including phenoxy) is 2. The van der Waals surface area contributed by atoms with E-state index in [0.717, 1.165) is 0 Å². The Balaban J connectivity index is 1.88. The second-order valence-electron chi connectivity index (χ2n) is 6.60. The Morgan fingerprint density at radius 2 is 1.60 bits per heavy atom. The minimum absolute atomic E-state index is 0.135. The lowest BCUT2D eigenvalue weighted by Crippen LogP contribution is -2.52. The average molecular weight is 350 g/mol. The molecule has 0 atom stereocenters. The average Bonchev–Trinajstić information content (AvgIpc) is 2.53. The summed E-state index contributed by atoms with van der Waals surface area (Å²) >= 11 is 0. The molecule has 25 heavy (non-hydrogen) atoms. The molecule has 0 aliphatic carbocycles. The van der Waals surface area contributed by atoms with Crippen LogP contribution in [0.15, 0.2) is 18.5 Å². The number of rotatable bonds is 2. The molecule has 136 valence electrons. The first kappa shape index (κ1) is 18.5. The lowest BCUT2D eigenvalue weighted by molar-refractivity contribution is 0.0154. The molecule has 0 saturated carbocycles. The molecule has 0 bridgehead atoms. The normalized spacial score (nSPS) is 14.8. The molecule has 1 saturated heterocycles. The van der Waals surface area contributed by atoms with Gasteiger partial charge < -0.3 is 25.0 Å². The second-order valence-corrected chi connectivity index (χ2v) is 6.60. The van der Waals surface area contributed by atoms with Crippen LogP contribution in [0.25, 0.3) is 0 Å². The van der Waals surface area contributed by atoms with E-state index >= 15 is 0 Å². The van der Waals surface area contributed by atoms with Crippen LogP contribution in [-0.2, 0) is 4.74 Å². The summed E-state index contributed by atoms with van der Waals surface area (Å²) in [4.78, 5) is 42.1. The first-order valence-electron chi connectivity index (χ1n) is 7.85. The first-order valence-corrected chi connectivity index (χ1v) is 7.85. The molecule has 2 N–H and O–H groups in total. The number of hydrogen-bond donors (Lipinski definition) is 1. The Kier molecular flexibility index (Phi) is 5.45. The molecule has 3 amide bonds. The van der Waals surface area contributed by atoms with Crippen LogP contribution >= 0.6 is 0 Å². The molecule has 0 radical (unpaired) electrons. The highest BCUT2D eigenvalue weighted by molar-refractivity contribution is 5.92. The van der Waals surface area contributed by atoms with Gasteiger partial charge in [-0.1, -0.05) is 0 Å². The highest BCUT2D eigenvalue weighted by Gasteiger charge is 2.28. The van der Waals surface area contributed by atoms with E-state index in [4.69, 9.17) is 15.2 Å². The first-order chi connectivity index (χ1) is 11.7. The van der Waals surface area contributed by atoms with Gasteiger partial charge in [0.05, 0.1) is 11.8 Å². The van der Waals surface area contributed by atoms with E-state index in [0.29, 0.717) is 26.2 Å². The maximum absolute atomic E-state index is 12.2. The third-order valence-corrected chi connectivity index (χ3v) is 3.39. The zero-order valence-electron chi connectivity index (χ0n) is 14.5. The van der Waals surface area contributed by atoms with Gasteiger partial charge >= 0.3 is 12.2 Å². The Bertz CT molecular complexity index is 663. The van der Waals surface area contributed by atoms with Crippen molar-refractivity contribution in [2.24, 2.45) is 5.73 Å². The second kappa shape index (κ2) is 7.37. The summed E-state index contributed by atoms with van der Waals surface area (Å²) in [6.07, 6.45) is 1.63. The Labute approximate surface area is 145 Å². The Hall–Kier alpha value is -2.84. The fourth-order valence-electron chi connectivity index (χ4n) is 2.17. The van der Waals surface area contributed by atoms with Crippen molar-refractivity contribution in [1.29, 1.82) is 0 Å². The number of carbonyl (C=O) groups excluding carboxylic acids is 3. The molecular formula is C16H22N4O5. The minimum Gasteiger partial charge on any atom is -0.444 e. The fraction of sp³-hybridized carbons (Fsp3) is 0.500. The molecule has 1 aliphatic rings. The van der Waals surface area contributed by atoms with Crippen LogP contribution in [0.1, 0.15) is 31.1 Å². The van der Waals surface area contributed by atoms with Crippen LogP contribution in [0.5, 0.6) is 5.75 Å². The topological polar surface area (TPSA) is 115 Å². The molecule has 0 spiro atoms. The molecule has 1 aromatic heterocycles. The van der Waals surface area contributed by atoms with E-state index in [1.165, 1.54) is 23.4 Å². The van der Waals surface area contributed by atoms with Crippen LogP contribution < -0.4 is 10.5 Å². The zero-order valence-corrected chi connectivity index (χ0v) is 14.5. The van der Waals surface area contributed by atoms with Crippen molar-refractivity contribution in [3.8, 4) is 5.75 Å². The molecule has 0 aromatic carbocycles. The summed E-state index contributed by atoms with van der Waals surface area (Å²) in [6, 6.07) is 1.35. The van der Waals surface area contributed by atoms with E-state index in [1.807, 2.05) is 0 Å². The summed E-state index contributed by atoms with van der Waals surface area (Å²) in [5.74, 6) is -0.521. The molecular weight excluding hydrogens is 328 g/mol. The van der Waals surface area contributed by atoms with Gasteiger partial charge in [0.25, 0.3) is 0 Å². The number of pyridine rings is 1. The van der Waals surface area contributed by atoms with Crippen LogP contribution in [0, 0.1) is 0 Å². The van der Waals surface area contributed by atoms with Crippen LogP contribution in [0.2, 0.25) is 0 Å². The number of nitrogens with two attached hydrogens (primary N) is 1. The van der Waals surface area contributed by atoms with Crippen LogP contribution in [0.4, 0.5) is 9.59 Å². The van der Waals surface area contributed by atoms with Gasteiger partial charge in [0.1, 0.15) is 5.60 Å². The Morgan fingerprint density at radius 3 is 2.12 bits per heavy atom. The van der Waals surface area contributed by atoms with Gasteiger partial charge in [0.2, 0.25) is 5.91 Å². The number of hydrogen-bond acceptors (Lipinski definition) is 6. The molecule has 1 fully saturated rings. The number of primary amides is 1. The van der Waals surface area contributed by atoms with E-state index in [2.05, 4.69) is 4.98 Å². The largest absolute Gasteiger partial charge is 0.444 e. The molecule has 2 rings (SSSR count). The molecule has 9 heteroatoms. The van der Waals surface area contributed by atoms with Crippen molar-refractivity contribution in [2.75, 3.05) is 26.2 Å². The van der Waals surface area contributed by atoms with E-state index in [1.54, 1.807) is 25.7 Å². The van der Waals surface area contributed by atoms with Gasteiger partial charge in [-0.3, -0.25) is 9.78 Å². The Morgan fingerprint density at radius 1 is 1.04 bits per heavy atom. The van der Waals surface area contributed by atoms with Crippen LogP contribution in [-0.4, -0.2) is 64.7 Å². The standard InChI is InChI=1S/C16H22N4O5/c1-16(2,3)25-15(23)20-6-4-19(5-7-20)14(22)24-12-8-11(13(17)21)9-18-10-12/h8-10H,4-7H2,1-3H3,(H2,17,21). The maximum atomic E-state index is 12.2. The summed E-state index contributed by atoms with van der Waals surface area (Å²) in [5.41, 5.74) is 4.75. The molecule has 9 nitrogen and oxygen atoms in total. The quantitative estimate of drug-likeness (QED) is 0.858. The van der Waals surface area contributed by atoms with E-state index in [-0.39, 0.29) is 11.3 Å². The lowest BCUT2D eigenvalue weighted by atomic mass is 10.2. The predicted octanol–water partition coefficient (Wildman–Crippen LogP) is 1.23. The zero-order chi connectivity index (χ0) is 18.6. The van der Waals surface area contributed by atoms with Gasteiger partial charge in [-0.2, -0.15) is 0 Å². The summed E-state index contributed by atoms with van der Waals surface area (Å²) in [6.45, 7) is 6.74. The molecule has 2 heterocycles. The molecule has 1 aromatic rings. The highest BCUT2D eigenvalue weighted by Crippen LogP contribution is 2.15. The van der Waals surface area contributed by atoms with Crippen molar-refractivity contribution in [2.45, 2.75) is 26.4 Å². The van der Waals surface area contributed by atoms with Gasteiger partial charge in [-0.25, -0.2) is 9.59 Å². The number of carbonyl (C=O) groups is 3. The van der Waals surface area contributed by atoms with Gasteiger partial charge in [-0.15, -0.1) is 0 Å². The monoisotopic (exact) mass is 350 g/mol. The van der Waals surface area contributed by atoms with Gasteiger partial charge in [0.15, 0.2) is 5.75 Å². The summed E-state index contributed by atoms with van der Waals surface area (Å²) in [5, 5.41) is 0. The summed E-state index contributed by atoms with van der Waals surface area (Å²) in [7, 11) is 0. The van der Waals surface area contributed by atoms with Gasteiger partial charge in [-0.05, 0) is 26.8 Å². The predicted molar refractivity (Wildman–Crippen MR) is 88.2 cm³/mol. The van der Waals surface area contributed by atoms with Gasteiger partial charge in [0, 0.05) is 32.4 Å². The molecule has 0 unspecified atom stereocenters. The molecule has 1 aliphatic heterocycles. The fourth-order valence-corrected chi connectivity index (χ4v) is 2.17. The number of piperazine rings is 1. The third-order valence-electron chi connectivity index (χ3n) is 3.39. The smallest absolute Gasteiger partial charge is 0.415 e. The van der Waals surface area contributed by atoms with E-state index < -0.39 is 23.7 Å².